The lowest BCUT2D eigenvalue weighted by molar-refractivity contribution is 0.0709. The number of ether oxygens (including phenoxy) is 2. The van der Waals surface area contributed by atoms with Crippen LogP contribution in [0.15, 0.2) is 18.2 Å². The van der Waals surface area contributed by atoms with Crippen molar-refractivity contribution in [3.8, 4) is 11.5 Å². The van der Waals surface area contributed by atoms with E-state index in [1.54, 1.807) is 6.07 Å². The molecule has 1 amide bonds. The summed E-state index contributed by atoms with van der Waals surface area (Å²) in [6, 6.07) is 5.59. The molecule has 0 N–H and O–H groups in total. The van der Waals surface area contributed by atoms with Crippen molar-refractivity contribution in [2.75, 3.05) is 25.1 Å². The van der Waals surface area contributed by atoms with E-state index in [9.17, 15) is 4.79 Å². The van der Waals surface area contributed by atoms with E-state index in [-0.39, 0.29) is 11.9 Å². The van der Waals surface area contributed by atoms with E-state index in [0.29, 0.717) is 36.8 Å². The van der Waals surface area contributed by atoms with Gasteiger partial charge in [-0.05, 0) is 26.0 Å². The third-order valence-corrected chi connectivity index (χ3v) is 3.36. The summed E-state index contributed by atoms with van der Waals surface area (Å²) in [5.41, 5.74) is 0.576. The van der Waals surface area contributed by atoms with E-state index in [4.69, 9.17) is 9.47 Å². The van der Waals surface area contributed by atoms with Gasteiger partial charge in [-0.3, -0.25) is 4.79 Å². The fourth-order valence-corrected chi connectivity index (χ4v) is 2.46. The molecular weight excluding hydrogens is 310 g/mol. The molecule has 0 fully saturated rings. The molecule has 5 heteroatoms. The van der Waals surface area contributed by atoms with Crippen LogP contribution in [0.2, 0.25) is 0 Å². The smallest absolute Gasteiger partial charge is 0.258 e. The molecular formula is C14H18BrNO3. The standard InChI is InChI=1S/C14H18BrNO3/c1-10(2)16(7-6-15)14(17)11-4-3-5-12-13(11)19-9-8-18-12/h3-5,10H,6-9H2,1-2H3. The van der Waals surface area contributed by atoms with Gasteiger partial charge in [-0.1, -0.05) is 22.0 Å². The minimum Gasteiger partial charge on any atom is -0.486 e. The predicted molar refractivity (Wildman–Crippen MR) is 77.4 cm³/mol. The number of hydrogen-bond donors (Lipinski definition) is 0. The van der Waals surface area contributed by atoms with E-state index < -0.39 is 0 Å². The van der Waals surface area contributed by atoms with Crippen molar-refractivity contribution in [1.29, 1.82) is 0 Å². The normalized spacial score (nSPS) is 13.5. The van der Waals surface area contributed by atoms with Crippen LogP contribution in [-0.2, 0) is 0 Å². The predicted octanol–water partition coefficient (Wildman–Crippen LogP) is 2.70. The fraction of sp³-hybridized carbons (Fsp3) is 0.500. The molecule has 0 radical (unpaired) electrons. The van der Waals surface area contributed by atoms with Crippen LogP contribution in [0.4, 0.5) is 0 Å². The van der Waals surface area contributed by atoms with Gasteiger partial charge in [0.2, 0.25) is 0 Å². The summed E-state index contributed by atoms with van der Waals surface area (Å²) in [7, 11) is 0. The zero-order chi connectivity index (χ0) is 13.8. The molecule has 1 aliphatic rings. The van der Waals surface area contributed by atoms with Crippen LogP contribution in [0.25, 0.3) is 0 Å². The van der Waals surface area contributed by atoms with Crippen LogP contribution < -0.4 is 9.47 Å². The lowest BCUT2D eigenvalue weighted by atomic mass is 10.1. The lowest BCUT2D eigenvalue weighted by Crippen LogP contribution is -2.38. The van der Waals surface area contributed by atoms with Crippen LogP contribution in [0.1, 0.15) is 24.2 Å². The van der Waals surface area contributed by atoms with Crippen LogP contribution in [-0.4, -0.2) is 41.9 Å². The maximum atomic E-state index is 12.6. The van der Waals surface area contributed by atoms with Crippen LogP contribution in [0.5, 0.6) is 11.5 Å². The van der Waals surface area contributed by atoms with Gasteiger partial charge in [0.15, 0.2) is 11.5 Å². The first-order valence-electron chi connectivity index (χ1n) is 6.40. The highest BCUT2D eigenvalue weighted by Gasteiger charge is 2.25. The molecule has 1 aromatic carbocycles. The molecule has 1 aromatic rings. The minimum absolute atomic E-state index is 0.0169. The van der Waals surface area contributed by atoms with Crippen molar-refractivity contribution in [2.24, 2.45) is 0 Å². The Morgan fingerprint density at radius 1 is 1.37 bits per heavy atom. The van der Waals surface area contributed by atoms with E-state index in [1.807, 2.05) is 30.9 Å². The van der Waals surface area contributed by atoms with Gasteiger partial charge in [-0.2, -0.15) is 0 Å². The molecule has 2 rings (SSSR count). The molecule has 0 aromatic heterocycles. The largest absolute Gasteiger partial charge is 0.486 e. The second-order valence-electron chi connectivity index (χ2n) is 4.61. The molecule has 0 atom stereocenters. The first kappa shape index (κ1) is 14.2. The molecule has 104 valence electrons. The summed E-state index contributed by atoms with van der Waals surface area (Å²) in [6.07, 6.45) is 0. The summed E-state index contributed by atoms with van der Waals surface area (Å²) in [5.74, 6) is 1.20. The Morgan fingerprint density at radius 3 is 2.79 bits per heavy atom. The van der Waals surface area contributed by atoms with Gasteiger partial charge in [0.1, 0.15) is 13.2 Å². The summed E-state index contributed by atoms with van der Waals surface area (Å²) in [6.45, 7) is 5.69. The Hall–Kier alpha value is -1.23. The minimum atomic E-state index is -0.0169. The Labute approximate surface area is 121 Å². The highest BCUT2D eigenvalue weighted by atomic mass is 79.9. The molecule has 1 aliphatic heterocycles. The summed E-state index contributed by atoms with van der Waals surface area (Å²) in [5, 5.41) is 0.753. The monoisotopic (exact) mass is 327 g/mol. The number of fused-ring (bicyclic) bond motifs is 1. The maximum absolute atomic E-state index is 12.6. The Bertz CT molecular complexity index is 462. The van der Waals surface area contributed by atoms with E-state index in [2.05, 4.69) is 15.9 Å². The second-order valence-corrected chi connectivity index (χ2v) is 5.40. The SMILES string of the molecule is CC(C)N(CCBr)C(=O)c1cccc2c1OCCO2. The van der Waals surface area contributed by atoms with Crippen molar-refractivity contribution in [2.45, 2.75) is 19.9 Å². The lowest BCUT2D eigenvalue weighted by Gasteiger charge is -2.28. The van der Waals surface area contributed by atoms with Crippen LogP contribution in [0, 0.1) is 0 Å². The first-order valence-corrected chi connectivity index (χ1v) is 7.53. The molecule has 0 aliphatic carbocycles. The Kier molecular flexibility index (Phi) is 4.69. The quantitative estimate of drug-likeness (QED) is 0.798. The number of amides is 1. The van der Waals surface area contributed by atoms with Gasteiger partial charge in [-0.15, -0.1) is 0 Å². The molecule has 0 bridgehead atoms. The van der Waals surface area contributed by atoms with Gasteiger partial charge in [-0.25, -0.2) is 0 Å². The first-order chi connectivity index (χ1) is 9.15. The number of carbonyl (C=O) groups is 1. The number of halogens is 1. The Balaban J connectivity index is 2.32. The maximum Gasteiger partial charge on any atom is 0.258 e. The van der Waals surface area contributed by atoms with Crippen molar-refractivity contribution < 1.29 is 14.3 Å². The fourth-order valence-electron chi connectivity index (χ4n) is 2.08. The molecule has 0 unspecified atom stereocenters. The topological polar surface area (TPSA) is 38.8 Å². The van der Waals surface area contributed by atoms with Gasteiger partial charge in [0.05, 0.1) is 5.56 Å². The Morgan fingerprint density at radius 2 is 2.11 bits per heavy atom. The van der Waals surface area contributed by atoms with E-state index in [1.165, 1.54) is 0 Å². The van der Waals surface area contributed by atoms with Gasteiger partial charge in [0.25, 0.3) is 5.91 Å². The number of alkyl halides is 1. The zero-order valence-corrected chi connectivity index (χ0v) is 12.8. The number of carbonyl (C=O) groups excluding carboxylic acids is 1. The van der Waals surface area contributed by atoms with Crippen LogP contribution >= 0.6 is 15.9 Å². The number of hydrogen-bond acceptors (Lipinski definition) is 3. The number of rotatable bonds is 4. The van der Waals surface area contributed by atoms with Crippen LogP contribution in [0.3, 0.4) is 0 Å². The zero-order valence-electron chi connectivity index (χ0n) is 11.2. The molecule has 0 saturated carbocycles. The van der Waals surface area contributed by atoms with Gasteiger partial charge >= 0.3 is 0 Å². The third-order valence-electron chi connectivity index (χ3n) is 3.01. The molecule has 4 nitrogen and oxygen atoms in total. The average Bonchev–Trinajstić information content (AvgIpc) is 2.43. The van der Waals surface area contributed by atoms with Gasteiger partial charge < -0.3 is 14.4 Å². The molecule has 1 heterocycles. The van der Waals surface area contributed by atoms with Crippen molar-refractivity contribution >= 4 is 21.8 Å². The third kappa shape index (κ3) is 3.03. The van der Waals surface area contributed by atoms with Crippen molar-refractivity contribution in [1.82, 2.24) is 4.90 Å². The van der Waals surface area contributed by atoms with E-state index >= 15 is 0 Å². The average molecular weight is 328 g/mol. The number of para-hydroxylation sites is 1. The number of benzene rings is 1. The number of nitrogens with zero attached hydrogens (tertiary/aromatic N) is 1. The molecule has 0 saturated heterocycles. The summed E-state index contributed by atoms with van der Waals surface area (Å²) < 4.78 is 11.1. The molecule has 0 spiro atoms. The van der Waals surface area contributed by atoms with E-state index in [0.717, 1.165) is 5.33 Å². The highest BCUT2D eigenvalue weighted by Crippen LogP contribution is 2.34. The summed E-state index contributed by atoms with van der Waals surface area (Å²) >= 11 is 3.38. The highest BCUT2D eigenvalue weighted by molar-refractivity contribution is 9.09. The van der Waals surface area contributed by atoms with Crippen molar-refractivity contribution in [3.63, 3.8) is 0 Å². The summed E-state index contributed by atoms with van der Waals surface area (Å²) in [4.78, 5) is 14.4. The molecule has 19 heavy (non-hydrogen) atoms. The van der Waals surface area contributed by atoms with Gasteiger partial charge in [0, 0.05) is 17.9 Å². The van der Waals surface area contributed by atoms with Crippen molar-refractivity contribution in [3.05, 3.63) is 23.8 Å². The second kappa shape index (κ2) is 6.28.